The van der Waals surface area contributed by atoms with Crippen molar-refractivity contribution in [3.63, 3.8) is 0 Å². The van der Waals surface area contributed by atoms with Crippen molar-refractivity contribution in [3.05, 3.63) is 12.2 Å². The predicted octanol–water partition coefficient (Wildman–Crippen LogP) is -2.57. The van der Waals surface area contributed by atoms with Gasteiger partial charge in [0, 0.05) is 12.2 Å². The van der Waals surface area contributed by atoms with Crippen LogP contribution in [-0.4, -0.2) is 46.8 Å². The number of carboxylic acid groups (broad SMARTS) is 1. The second-order valence-corrected chi connectivity index (χ2v) is 2.80. The zero-order valence-electron chi connectivity index (χ0n) is 8.25. The van der Waals surface area contributed by atoms with Crippen LogP contribution < -0.4 is 11.5 Å². The fraction of sp³-hybridized carbons (Fsp3) is 0.250. The molecule has 3 amide bonds. The van der Waals surface area contributed by atoms with Crippen molar-refractivity contribution >= 4 is 23.7 Å². The van der Waals surface area contributed by atoms with Crippen LogP contribution in [0.3, 0.4) is 0 Å². The number of primary amides is 2. The van der Waals surface area contributed by atoms with Crippen LogP contribution in [0.25, 0.3) is 0 Å². The van der Waals surface area contributed by atoms with Crippen molar-refractivity contribution in [2.24, 2.45) is 11.5 Å². The predicted molar refractivity (Wildman–Crippen MR) is 51.7 cm³/mol. The number of nitrogens with zero attached hydrogens (tertiary/aromatic N) is 1. The van der Waals surface area contributed by atoms with Gasteiger partial charge in [-0.25, -0.2) is 4.79 Å². The van der Waals surface area contributed by atoms with Gasteiger partial charge in [-0.2, -0.15) is 0 Å². The van der Waals surface area contributed by atoms with Crippen molar-refractivity contribution in [2.45, 2.75) is 0 Å². The highest BCUT2D eigenvalue weighted by Crippen LogP contribution is 1.91. The zero-order valence-corrected chi connectivity index (χ0v) is 8.25. The van der Waals surface area contributed by atoms with Crippen molar-refractivity contribution in [1.29, 1.82) is 0 Å². The van der Waals surface area contributed by atoms with Crippen LogP contribution in [0.1, 0.15) is 0 Å². The molecule has 16 heavy (non-hydrogen) atoms. The Bertz CT molecular complexity index is 334. The van der Waals surface area contributed by atoms with Gasteiger partial charge < -0.3 is 21.5 Å². The highest BCUT2D eigenvalue weighted by molar-refractivity contribution is 5.97. The number of carbonyl (C=O) groups excluding carboxylic acids is 3. The molecule has 8 nitrogen and oxygen atoms in total. The number of hydrogen-bond donors (Lipinski definition) is 3. The van der Waals surface area contributed by atoms with E-state index in [9.17, 15) is 19.2 Å². The molecule has 0 spiro atoms. The Morgan fingerprint density at radius 3 is 1.75 bits per heavy atom. The molecule has 0 heterocycles. The molecule has 0 aliphatic heterocycles. The summed E-state index contributed by atoms with van der Waals surface area (Å²) in [7, 11) is 0. The second-order valence-electron chi connectivity index (χ2n) is 2.80. The summed E-state index contributed by atoms with van der Waals surface area (Å²) in [4.78, 5) is 43.3. The van der Waals surface area contributed by atoms with Gasteiger partial charge in [0.1, 0.15) is 13.1 Å². The van der Waals surface area contributed by atoms with Gasteiger partial charge in [-0.3, -0.25) is 14.4 Å². The van der Waals surface area contributed by atoms with Gasteiger partial charge in [0.15, 0.2) is 0 Å². The van der Waals surface area contributed by atoms with Crippen LogP contribution in [-0.2, 0) is 19.2 Å². The smallest absolute Gasteiger partial charge is 0.328 e. The molecule has 0 aliphatic rings. The van der Waals surface area contributed by atoms with Crippen molar-refractivity contribution in [3.8, 4) is 0 Å². The van der Waals surface area contributed by atoms with Gasteiger partial charge in [-0.1, -0.05) is 0 Å². The van der Waals surface area contributed by atoms with Gasteiger partial charge in [-0.15, -0.1) is 0 Å². The summed E-state index contributed by atoms with van der Waals surface area (Å²) in [5.74, 6) is -3.83. The number of aliphatic carboxylic acids is 1. The second kappa shape index (κ2) is 6.17. The van der Waals surface area contributed by atoms with E-state index in [1.807, 2.05) is 0 Å². The molecule has 0 aliphatic carbocycles. The Balaban J connectivity index is 4.61. The first-order valence-electron chi connectivity index (χ1n) is 4.09. The lowest BCUT2D eigenvalue weighted by Crippen LogP contribution is -2.42. The van der Waals surface area contributed by atoms with E-state index in [1.165, 1.54) is 0 Å². The Hall–Kier alpha value is -2.38. The number of nitrogens with two attached hydrogens (primary N) is 2. The highest BCUT2D eigenvalue weighted by atomic mass is 16.4. The topological polar surface area (TPSA) is 144 Å². The Labute approximate surface area is 90.5 Å². The first kappa shape index (κ1) is 13.6. The number of carboxylic acids is 1. The monoisotopic (exact) mass is 229 g/mol. The van der Waals surface area contributed by atoms with E-state index in [1.54, 1.807) is 0 Å². The van der Waals surface area contributed by atoms with E-state index in [4.69, 9.17) is 16.6 Å². The van der Waals surface area contributed by atoms with E-state index < -0.39 is 36.8 Å². The molecule has 0 rings (SSSR count). The van der Waals surface area contributed by atoms with Crippen molar-refractivity contribution in [1.82, 2.24) is 4.90 Å². The quantitative estimate of drug-likeness (QED) is 0.428. The maximum atomic E-state index is 11.3. The number of hydrogen-bond acceptors (Lipinski definition) is 4. The standard InChI is InChI=1S/C8H11N3O5/c9-5(12)3-11(4-6(10)13)7(14)1-2-8(15)16/h1-2H,3-4H2,(H2,9,12)(H2,10,13)(H,15,16). The molecule has 0 aromatic rings. The molecule has 8 heteroatoms. The fourth-order valence-electron chi connectivity index (χ4n) is 0.836. The summed E-state index contributed by atoms with van der Waals surface area (Å²) < 4.78 is 0. The third-order valence-corrected chi connectivity index (χ3v) is 1.37. The molecule has 0 atom stereocenters. The molecule has 0 bridgehead atoms. The van der Waals surface area contributed by atoms with E-state index >= 15 is 0 Å². The largest absolute Gasteiger partial charge is 0.478 e. The van der Waals surface area contributed by atoms with E-state index in [2.05, 4.69) is 0 Å². The lowest BCUT2D eigenvalue weighted by atomic mass is 10.3. The van der Waals surface area contributed by atoms with Crippen molar-refractivity contribution in [2.75, 3.05) is 13.1 Å². The lowest BCUT2D eigenvalue weighted by molar-refractivity contribution is -0.134. The summed E-state index contributed by atoms with van der Waals surface area (Å²) in [5.41, 5.74) is 9.67. The minimum absolute atomic E-state index is 0.508. The SMILES string of the molecule is NC(=O)CN(CC(N)=O)C(=O)C=CC(=O)O. The summed E-state index contributed by atoms with van der Waals surface area (Å²) in [6.45, 7) is -1.02. The van der Waals surface area contributed by atoms with E-state index in [0.29, 0.717) is 12.2 Å². The molecule has 0 saturated carbocycles. The normalized spacial score (nSPS) is 10.0. The molecule has 0 aromatic carbocycles. The average molecular weight is 229 g/mol. The molecule has 5 N–H and O–H groups in total. The third-order valence-electron chi connectivity index (χ3n) is 1.37. The zero-order chi connectivity index (χ0) is 12.7. The lowest BCUT2D eigenvalue weighted by Gasteiger charge is -2.16. The first-order chi connectivity index (χ1) is 7.32. The van der Waals surface area contributed by atoms with Gasteiger partial charge in [0.25, 0.3) is 0 Å². The number of amides is 3. The van der Waals surface area contributed by atoms with Gasteiger partial charge in [-0.05, 0) is 0 Å². The number of carbonyl (C=O) groups is 4. The highest BCUT2D eigenvalue weighted by Gasteiger charge is 2.15. The summed E-state index contributed by atoms with van der Waals surface area (Å²) >= 11 is 0. The Morgan fingerprint density at radius 1 is 1.00 bits per heavy atom. The molecule has 0 radical (unpaired) electrons. The number of rotatable bonds is 6. The molecule has 88 valence electrons. The van der Waals surface area contributed by atoms with E-state index in [0.717, 1.165) is 4.90 Å². The fourth-order valence-corrected chi connectivity index (χ4v) is 0.836. The van der Waals surface area contributed by atoms with Crippen LogP contribution in [0.15, 0.2) is 12.2 Å². The maximum Gasteiger partial charge on any atom is 0.328 e. The first-order valence-corrected chi connectivity index (χ1v) is 4.09. The Kier molecular flexibility index (Phi) is 5.25. The average Bonchev–Trinajstić information content (AvgIpc) is 2.11. The molecule has 0 aromatic heterocycles. The van der Waals surface area contributed by atoms with E-state index in [-0.39, 0.29) is 0 Å². The van der Waals surface area contributed by atoms with Crippen LogP contribution in [0.5, 0.6) is 0 Å². The van der Waals surface area contributed by atoms with Crippen LogP contribution in [0.4, 0.5) is 0 Å². The summed E-state index contributed by atoms with van der Waals surface area (Å²) in [6.07, 6.45) is 1.28. The van der Waals surface area contributed by atoms with Crippen LogP contribution in [0.2, 0.25) is 0 Å². The minimum Gasteiger partial charge on any atom is -0.478 e. The summed E-state index contributed by atoms with van der Waals surface area (Å²) in [5, 5.41) is 8.27. The van der Waals surface area contributed by atoms with Crippen LogP contribution in [0, 0.1) is 0 Å². The molecule has 0 unspecified atom stereocenters. The molecular weight excluding hydrogens is 218 g/mol. The van der Waals surface area contributed by atoms with Crippen molar-refractivity contribution < 1.29 is 24.3 Å². The van der Waals surface area contributed by atoms with Gasteiger partial charge >= 0.3 is 5.97 Å². The van der Waals surface area contributed by atoms with Crippen LogP contribution >= 0.6 is 0 Å². The molecule has 0 fully saturated rings. The Morgan fingerprint density at radius 2 is 1.44 bits per heavy atom. The van der Waals surface area contributed by atoms with Gasteiger partial charge in [0.2, 0.25) is 17.7 Å². The molecular formula is C8H11N3O5. The summed E-state index contributed by atoms with van der Waals surface area (Å²) in [6, 6.07) is 0. The van der Waals surface area contributed by atoms with Gasteiger partial charge in [0.05, 0.1) is 0 Å². The molecule has 0 saturated heterocycles. The third kappa shape index (κ3) is 6.13. The maximum absolute atomic E-state index is 11.3. The minimum atomic E-state index is -1.33.